The van der Waals surface area contributed by atoms with Crippen molar-refractivity contribution in [1.29, 1.82) is 0 Å². The number of halogens is 1. The van der Waals surface area contributed by atoms with Crippen molar-refractivity contribution >= 4 is 17.6 Å². The van der Waals surface area contributed by atoms with E-state index < -0.39 is 18.2 Å². The van der Waals surface area contributed by atoms with E-state index in [1.54, 1.807) is 6.07 Å². The zero-order valence-corrected chi connectivity index (χ0v) is 9.39. The van der Waals surface area contributed by atoms with Crippen molar-refractivity contribution in [3.05, 3.63) is 29.6 Å². The van der Waals surface area contributed by atoms with Crippen molar-refractivity contribution in [2.45, 2.75) is 12.2 Å². The third kappa shape index (κ3) is 2.69. The molecule has 0 aliphatic heterocycles. The van der Waals surface area contributed by atoms with Crippen LogP contribution in [0.3, 0.4) is 0 Å². The molecule has 0 aromatic carbocycles. The molecule has 0 aliphatic carbocycles. The Bertz CT molecular complexity index is 372. The molecule has 0 bridgehead atoms. The van der Waals surface area contributed by atoms with Gasteiger partial charge in [-0.3, -0.25) is 0 Å². The van der Waals surface area contributed by atoms with Crippen LogP contribution in [0.5, 0.6) is 0 Å². The Kier molecular flexibility index (Phi) is 4.67. The van der Waals surface area contributed by atoms with Crippen LogP contribution in [0.25, 0.3) is 0 Å². The molecule has 2 atom stereocenters. The molecule has 0 fully saturated rings. The molecule has 1 rings (SSSR count). The monoisotopic (exact) mass is 245 g/mol. The number of nitrogens with zero attached hydrogens (tertiary/aromatic N) is 1. The second kappa shape index (κ2) is 5.79. The Balaban J connectivity index is 3.08. The van der Waals surface area contributed by atoms with Gasteiger partial charge in [0.05, 0.1) is 19.1 Å². The molecule has 0 aliphatic rings. The van der Waals surface area contributed by atoms with Crippen molar-refractivity contribution < 1.29 is 19.7 Å². The summed E-state index contributed by atoms with van der Waals surface area (Å²) in [5.41, 5.74) is 0.171. The maximum absolute atomic E-state index is 11.3. The van der Waals surface area contributed by atoms with Gasteiger partial charge in [0.2, 0.25) is 0 Å². The van der Waals surface area contributed by atoms with Gasteiger partial charge in [-0.05, 0) is 6.07 Å². The topological polar surface area (TPSA) is 79.7 Å². The standard InChI is InChI=1S/C10H12ClNO4/c1-16-10(15)8-6(3-2-4-12-8)9(14)7(13)5-11/h2-4,7,9,13-14H,5H2,1H3. The fourth-order valence-corrected chi connectivity index (χ4v) is 1.38. The fraction of sp³-hybridized carbons (Fsp3) is 0.400. The molecule has 0 radical (unpaired) electrons. The molecule has 0 saturated carbocycles. The average molecular weight is 246 g/mol. The summed E-state index contributed by atoms with van der Waals surface area (Å²) >= 11 is 5.42. The van der Waals surface area contributed by atoms with E-state index in [4.69, 9.17) is 11.6 Å². The Morgan fingerprint density at radius 2 is 2.31 bits per heavy atom. The number of hydrogen-bond donors (Lipinski definition) is 2. The van der Waals surface area contributed by atoms with Gasteiger partial charge in [0, 0.05) is 11.8 Å². The number of aliphatic hydroxyl groups is 2. The van der Waals surface area contributed by atoms with Crippen LogP contribution in [0.4, 0.5) is 0 Å². The molecule has 6 heteroatoms. The highest BCUT2D eigenvalue weighted by molar-refractivity contribution is 6.18. The summed E-state index contributed by atoms with van der Waals surface area (Å²) in [6.07, 6.45) is -1.02. The molecule has 5 nitrogen and oxygen atoms in total. The molecular formula is C10H12ClNO4. The van der Waals surface area contributed by atoms with Gasteiger partial charge < -0.3 is 14.9 Å². The molecule has 0 amide bonds. The van der Waals surface area contributed by atoms with Crippen molar-refractivity contribution in [3.8, 4) is 0 Å². The Morgan fingerprint density at radius 3 is 2.88 bits per heavy atom. The first kappa shape index (κ1) is 12.9. The summed E-state index contributed by atoms with van der Waals surface area (Å²) in [5, 5.41) is 19.1. The number of carbonyl (C=O) groups is 1. The number of pyridine rings is 1. The van der Waals surface area contributed by atoms with Crippen LogP contribution >= 0.6 is 11.6 Å². The van der Waals surface area contributed by atoms with E-state index in [9.17, 15) is 15.0 Å². The molecular weight excluding hydrogens is 234 g/mol. The molecule has 2 unspecified atom stereocenters. The normalized spacial score (nSPS) is 14.2. The number of hydrogen-bond acceptors (Lipinski definition) is 5. The van der Waals surface area contributed by atoms with Gasteiger partial charge in [0.1, 0.15) is 6.10 Å². The quantitative estimate of drug-likeness (QED) is 0.597. The van der Waals surface area contributed by atoms with Crippen molar-refractivity contribution in [2.75, 3.05) is 13.0 Å². The lowest BCUT2D eigenvalue weighted by molar-refractivity contribution is 0.0303. The maximum atomic E-state index is 11.3. The summed E-state index contributed by atoms with van der Waals surface area (Å²) in [6, 6.07) is 3.03. The lowest BCUT2D eigenvalue weighted by Crippen LogP contribution is -2.22. The van der Waals surface area contributed by atoms with Gasteiger partial charge in [-0.1, -0.05) is 6.07 Å². The van der Waals surface area contributed by atoms with Gasteiger partial charge in [-0.25, -0.2) is 9.78 Å². The number of carbonyl (C=O) groups excluding carboxylic acids is 1. The molecule has 0 spiro atoms. The summed E-state index contributed by atoms with van der Waals surface area (Å²) in [7, 11) is 1.21. The van der Waals surface area contributed by atoms with Gasteiger partial charge >= 0.3 is 5.97 Å². The Labute approximate surface area is 97.6 Å². The molecule has 0 saturated heterocycles. The second-order valence-electron chi connectivity index (χ2n) is 3.10. The number of esters is 1. The Morgan fingerprint density at radius 1 is 1.62 bits per heavy atom. The van der Waals surface area contributed by atoms with Gasteiger partial charge in [0.15, 0.2) is 5.69 Å². The molecule has 1 aromatic rings. The molecule has 16 heavy (non-hydrogen) atoms. The minimum Gasteiger partial charge on any atom is -0.464 e. The van der Waals surface area contributed by atoms with E-state index >= 15 is 0 Å². The van der Waals surface area contributed by atoms with E-state index in [2.05, 4.69) is 9.72 Å². The zero-order valence-electron chi connectivity index (χ0n) is 8.63. The molecule has 1 aromatic heterocycles. The van der Waals surface area contributed by atoms with Crippen LogP contribution in [0.15, 0.2) is 18.3 Å². The number of alkyl halides is 1. The summed E-state index contributed by atoms with van der Waals surface area (Å²) in [4.78, 5) is 15.1. The van der Waals surface area contributed by atoms with E-state index in [0.717, 1.165) is 0 Å². The summed E-state index contributed by atoms with van der Waals surface area (Å²) in [6.45, 7) is 0. The molecule has 2 N–H and O–H groups in total. The van der Waals surface area contributed by atoms with Gasteiger partial charge in [-0.2, -0.15) is 0 Å². The second-order valence-corrected chi connectivity index (χ2v) is 3.41. The maximum Gasteiger partial charge on any atom is 0.357 e. The first-order chi connectivity index (χ1) is 7.61. The number of aromatic nitrogens is 1. The summed E-state index contributed by atoms with van der Waals surface area (Å²) < 4.78 is 4.51. The van der Waals surface area contributed by atoms with Gasteiger partial charge in [0.25, 0.3) is 0 Å². The SMILES string of the molecule is COC(=O)c1ncccc1C(O)C(O)CCl. The minimum atomic E-state index is -1.26. The van der Waals surface area contributed by atoms with Crippen LogP contribution in [0.1, 0.15) is 22.2 Å². The smallest absolute Gasteiger partial charge is 0.357 e. The Hall–Kier alpha value is -1.17. The van der Waals surface area contributed by atoms with Crippen LogP contribution in [-0.4, -0.2) is 40.3 Å². The van der Waals surface area contributed by atoms with E-state index in [1.165, 1.54) is 19.4 Å². The highest BCUT2D eigenvalue weighted by Gasteiger charge is 2.24. The largest absolute Gasteiger partial charge is 0.464 e. The zero-order chi connectivity index (χ0) is 12.1. The number of methoxy groups -OCH3 is 1. The van der Waals surface area contributed by atoms with Crippen LogP contribution in [-0.2, 0) is 4.74 Å². The van der Waals surface area contributed by atoms with E-state index in [1.807, 2.05) is 0 Å². The number of rotatable bonds is 4. The van der Waals surface area contributed by atoms with Crippen LogP contribution in [0.2, 0.25) is 0 Å². The van der Waals surface area contributed by atoms with E-state index in [-0.39, 0.29) is 17.1 Å². The van der Waals surface area contributed by atoms with Crippen LogP contribution < -0.4 is 0 Å². The minimum absolute atomic E-state index is 0.0262. The highest BCUT2D eigenvalue weighted by Crippen LogP contribution is 2.20. The lowest BCUT2D eigenvalue weighted by atomic mass is 10.0. The predicted octanol–water partition coefficient (Wildman–Crippen LogP) is 0.501. The average Bonchev–Trinajstić information content (AvgIpc) is 2.35. The first-order valence-corrected chi connectivity index (χ1v) is 5.10. The number of aliphatic hydroxyl groups excluding tert-OH is 2. The first-order valence-electron chi connectivity index (χ1n) is 4.57. The fourth-order valence-electron chi connectivity index (χ4n) is 1.22. The molecule has 88 valence electrons. The van der Waals surface area contributed by atoms with Crippen LogP contribution in [0, 0.1) is 0 Å². The number of ether oxygens (including phenoxy) is 1. The van der Waals surface area contributed by atoms with Gasteiger partial charge in [-0.15, -0.1) is 11.6 Å². The lowest BCUT2D eigenvalue weighted by Gasteiger charge is -2.17. The predicted molar refractivity (Wildman–Crippen MR) is 57.3 cm³/mol. The molecule has 1 heterocycles. The highest BCUT2D eigenvalue weighted by atomic mass is 35.5. The van der Waals surface area contributed by atoms with Crippen molar-refractivity contribution in [1.82, 2.24) is 4.98 Å². The summed E-state index contributed by atoms with van der Waals surface area (Å²) in [5.74, 6) is -0.812. The van der Waals surface area contributed by atoms with Crippen molar-refractivity contribution in [3.63, 3.8) is 0 Å². The van der Waals surface area contributed by atoms with E-state index in [0.29, 0.717) is 0 Å². The third-order valence-electron chi connectivity index (χ3n) is 2.06. The van der Waals surface area contributed by atoms with Crippen molar-refractivity contribution in [2.24, 2.45) is 0 Å². The third-order valence-corrected chi connectivity index (χ3v) is 2.38.